The average Bonchev–Trinajstić information content (AvgIpc) is 2.48. The van der Waals surface area contributed by atoms with E-state index in [1.54, 1.807) is 38.4 Å². The monoisotopic (exact) mass is 435 g/mol. The van der Waals surface area contributed by atoms with Gasteiger partial charge in [0.1, 0.15) is 5.75 Å². The molecule has 23 heavy (non-hydrogen) atoms. The van der Waals surface area contributed by atoms with Crippen LogP contribution in [0, 0.1) is 0 Å². The lowest BCUT2D eigenvalue weighted by Crippen LogP contribution is -3.00. The van der Waals surface area contributed by atoms with E-state index in [4.69, 9.17) is 4.74 Å². The SMILES string of the molecule is CC[N+](C)(CC)CC(=O)Nc1ccc(OC(=O)N(C)C)cc1.[I-]. The fraction of sp³-hybridized carbons (Fsp3) is 0.500. The van der Waals surface area contributed by atoms with E-state index >= 15 is 0 Å². The van der Waals surface area contributed by atoms with E-state index in [0.29, 0.717) is 22.5 Å². The zero-order chi connectivity index (χ0) is 16.8. The second-order valence-electron chi connectivity index (χ2n) is 5.75. The van der Waals surface area contributed by atoms with Gasteiger partial charge in [-0.1, -0.05) is 0 Å². The Balaban J connectivity index is 0.00000484. The minimum atomic E-state index is -0.434. The van der Waals surface area contributed by atoms with Crippen molar-refractivity contribution in [3.63, 3.8) is 0 Å². The first-order valence-electron chi connectivity index (χ1n) is 7.42. The van der Waals surface area contributed by atoms with Gasteiger partial charge in [-0.2, -0.15) is 0 Å². The maximum Gasteiger partial charge on any atom is 0.414 e. The highest BCUT2D eigenvalue weighted by Crippen LogP contribution is 2.16. The normalized spacial score (nSPS) is 10.5. The Morgan fingerprint density at radius 2 is 1.65 bits per heavy atom. The van der Waals surface area contributed by atoms with E-state index in [1.165, 1.54) is 4.90 Å². The second-order valence-corrected chi connectivity index (χ2v) is 5.75. The first-order valence-corrected chi connectivity index (χ1v) is 7.42. The molecule has 1 aromatic rings. The molecule has 1 rings (SSSR count). The van der Waals surface area contributed by atoms with Crippen LogP contribution in [0.1, 0.15) is 13.8 Å². The summed E-state index contributed by atoms with van der Waals surface area (Å²) in [6, 6.07) is 6.76. The quantitative estimate of drug-likeness (QED) is 0.469. The van der Waals surface area contributed by atoms with Crippen molar-refractivity contribution in [2.45, 2.75) is 13.8 Å². The molecule has 0 fully saturated rings. The standard InChI is InChI=1S/C16H25N3O3.HI/c1-6-19(5,7-2)12-15(20)17-13-8-10-14(11-9-13)22-16(21)18(3)4;/h8-11H,6-7,12H2,1-5H3;1H. The highest BCUT2D eigenvalue weighted by molar-refractivity contribution is 5.91. The van der Waals surface area contributed by atoms with E-state index < -0.39 is 6.09 Å². The van der Waals surface area contributed by atoms with E-state index in [-0.39, 0.29) is 29.9 Å². The molecule has 0 aromatic heterocycles. The molecule has 0 aliphatic carbocycles. The number of benzene rings is 1. The third kappa shape index (κ3) is 7.17. The number of halogens is 1. The van der Waals surface area contributed by atoms with Crippen LogP contribution in [0.5, 0.6) is 5.75 Å². The summed E-state index contributed by atoms with van der Waals surface area (Å²) in [5, 5.41) is 2.86. The second kappa shape index (κ2) is 9.71. The fourth-order valence-corrected chi connectivity index (χ4v) is 1.79. The lowest BCUT2D eigenvalue weighted by molar-refractivity contribution is -0.898. The van der Waals surface area contributed by atoms with Crippen molar-refractivity contribution in [3.05, 3.63) is 24.3 Å². The van der Waals surface area contributed by atoms with Crippen molar-refractivity contribution in [3.8, 4) is 5.75 Å². The number of amides is 2. The number of quaternary nitrogens is 1. The number of hydrogen-bond donors (Lipinski definition) is 1. The van der Waals surface area contributed by atoms with Crippen LogP contribution in [-0.4, -0.2) is 62.2 Å². The number of nitrogens with one attached hydrogen (secondary N) is 1. The highest BCUT2D eigenvalue weighted by atomic mass is 127. The molecule has 0 radical (unpaired) electrons. The van der Waals surface area contributed by atoms with Crippen molar-refractivity contribution in [1.82, 2.24) is 4.90 Å². The zero-order valence-electron chi connectivity index (χ0n) is 14.4. The predicted molar refractivity (Wildman–Crippen MR) is 86.9 cm³/mol. The van der Waals surface area contributed by atoms with Crippen LogP contribution in [0.15, 0.2) is 24.3 Å². The first kappa shape index (κ1) is 21.6. The molecule has 0 saturated heterocycles. The van der Waals surface area contributed by atoms with Gasteiger partial charge in [0.2, 0.25) is 0 Å². The Hall–Kier alpha value is -1.35. The molecule has 1 N–H and O–H groups in total. The summed E-state index contributed by atoms with van der Waals surface area (Å²) in [4.78, 5) is 24.9. The summed E-state index contributed by atoms with van der Waals surface area (Å²) in [5.41, 5.74) is 0.688. The molecule has 0 saturated carbocycles. The van der Waals surface area contributed by atoms with Gasteiger partial charge in [0.15, 0.2) is 6.54 Å². The molecule has 0 bridgehead atoms. The Labute approximate surface area is 155 Å². The van der Waals surface area contributed by atoms with Crippen LogP contribution in [0.25, 0.3) is 0 Å². The predicted octanol–water partition coefficient (Wildman–Crippen LogP) is -0.824. The van der Waals surface area contributed by atoms with E-state index in [9.17, 15) is 9.59 Å². The van der Waals surface area contributed by atoms with Crippen molar-refractivity contribution in [2.24, 2.45) is 0 Å². The Kier molecular flexibility index (Phi) is 9.14. The Bertz CT molecular complexity index is 514. The molecule has 6 nitrogen and oxygen atoms in total. The van der Waals surface area contributed by atoms with Gasteiger partial charge in [-0.3, -0.25) is 4.79 Å². The number of likely N-dealkylation sites (N-methyl/N-ethyl adjacent to an activating group) is 1. The summed E-state index contributed by atoms with van der Waals surface area (Å²) < 4.78 is 5.82. The van der Waals surface area contributed by atoms with Crippen LogP contribution in [-0.2, 0) is 4.79 Å². The van der Waals surface area contributed by atoms with Gasteiger partial charge >= 0.3 is 6.09 Å². The molecule has 2 amide bonds. The summed E-state index contributed by atoms with van der Waals surface area (Å²) in [6.07, 6.45) is -0.434. The Morgan fingerprint density at radius 3 is 2.09 bits per heavy atom. The van der Waals surface area contributed by atoms with Crippen molar-refractivity contribution < 1.29 is 42.8 Å². The van der Waals surface area contributed by atoms with Gasteiger partial charge in [-0.25, -0.2) is 4.79 Å². The average molecular weight is 435 g/mol. The Morgan fingerprint density at radius 1 is 1.13 bits per heavy atom. The molecule has 1 aromatic carbocycles. The maximum absolute atomic E-state index is 12.1. The van der Waals surface area contributed by atoms with Crippen molar-refractivity contribution in [2.75, 3.05) is 46.1 Å². The van der Waals surface area contributed by atoms with Crippen LogP contribution < -0.4 is 34.0 Å². The van der Waals surface area contributed by atoms with E-state index in [0.717, 1.165) is 13.1 Å². The molecular weight excluding hydrogens is 409 g/mol. The van der Waals surface area contributed by atoms with Gasteiger partial charge in [0, 0.05) is 19.8 Å². The minimum absolute atomic E-state index is 0. The van der Waals surface area contributed by atoms with Crippen molar-refractivity contribution in [1.29, 1.82) is 0 Å². The van der Waals surface area contributed by atoms with Crippen molar-refractivity contribution >= 4 is 17.7 Å². The molecule has 0 heterocycles. The number of nitrogens with zero attached hydrogens (tertiary/aromatic N) is 2. The molecule has 0 spiro atoms. The molecule has 0 atom stereocenters. The first-order chi connectivity index (χ1) is 10.3. The highest BCUT2D eigenvalue weighted by Gasteiger charge is 2.21. The van der Waals surface area contributed by atoms with Gasteiger partial charge in [0.05, 0.1) is 20.1 Å². The molecule has 0 unspecified atom stereocenters. The van der Waals surface area contributed by atoms with E-state index in [2.05, 4.69) is 26.2 Å². The number of anilines is 1. The topological polar surface area (TPSA) is 58.6 Å². The number of hydrogen-bond acceptors (Lipinski definition) is 3. The van der Waals surface area contributed by atoms with Gasteiger partial charge in [0.25, 0.3) is 5.91 Å². The van der Waals surface area contributed by atoms with Crippen LogP contribution >= 0.6 is 0 Å². The number of carbonyl (C=O) groups excluding carboxylic acids is 2. The summed E-state index contributed by atoms with van der Waals surface area (Å²) >= 11 is 0. The number of carbonyl (C=O) groups is 2. The summed E-state index contributed by atoms with van der Waals surface area (Å²) in [6.45, 7) is 6.40. The van der Waals surface area contributed by atoms with Crippen LogP contribution in [0.3, 0.4) is 0 Å². The number of ether oxygens (including phenoxy) is 1. The van der Waals surface area contributed by atoms with E-state index in [1.807, 2.05) is 0 Å². The van der Waals surface area contributed by atoms with Gasteiger partial charge in [-0.15, -0.1) is 0 Å². The smallest absolute Gasteiger partial charge is 0.414 e. The van der Waals surface area contributed by atoms with Crippen LogP contribution in [0.4, 0.5) is 10.5 Å². The molecule has 130 valence electrons. The van der Waals surface area contributed by atoms with Gasteiger partial charge in [-0.05, 0) is 38.1 Å². The third-order valence-electron chi connectivity index (χ3n) is 3.76. The number of rotatable bonds is 6. The lowest BCUT2D eigenvalue weighted by Gasteiger charge is -2.31. The maximum atomic E-state index is 12.1. The minimum Gasteiger partial charge on any atom is -1.00 e. The molecule has 7 heteroatoms. The lowest BCUT2D eigenvalue weighted by atomic mass is 10.3. The molecule has 0 aliphatic heterocycles. The molecule has 0 aliphatic rings. The third-order valence-corrected chi connectivity index (χ3v) is 3.76. The van der Waals surface area contributed by atoms with Gasteiger partial charge < -0.3 is 43.4 Å². The molecular formula is C16H26IN3O3. The largest absolute Gasteiger partial charge is 1.00 e. The fourth-order valence-electron chi connectivity index (χ4n) is 1.79. The van der Waals surface area contributed by atoms with Crippen LogP contribution in [0.2, 0.25) is 0 Å². The summed E-state index contributed by atoms with van der Waals surface area (Å²) in [7, 11) is 5.30. The summed E-state index contributed by atoms with van der Waals surface area (Å²) in [5.74, 6) is 0.420. The zero-order valence-corrected chi connectivity index (χ0v) is 16.6.